The van der Waals surface area contributed by atoms with Crippen molar-refractivity contribution in [2.75, 3.05) is 12.5 Å². The number of hydroxylamine groups is 1. The van der Waals surface area contributed by atoms with Crippen LogP contribution in [0.15, 0.2) is 48.8 Å². The van der Waals surface area contributed by atoms with Crippen molar-refractivity contribution in [1.82, 2.24) is 9.97 Å². The van der Waals surface area contributed by atoms with Gasteiger partial charge in [0.15, 0.2) is 0 Å². The van der Waals surface area contributed by atoms with Gasteiger partial charge in [-0.05, 0) is 51.7 Å². The van der Waals surface area contributed by atoms with Gasteiger partial charge in [0, 0.05) is 23.4 Å². The lowest BCUT2D eigenvalue weighted by molar-refractivity contribution is -0.955. The molecule has 4 rings (SSSR count). The fourth-order valence-corrected chi connectivity index (χ4v) is 3.95. The standard InChI is InChI=1S/C26H30N5O2S/c1-5-17-12-22(13-19(14-27)24(17)33-23-10-11-23)26(2,3)21-8-6-18(7-9-21)20-15-28-25(29-16-20)30-31(4,32)34/h6-9,12-13,15-16,23,32,34H,5,10-11H2,1-4H3,(H,28,29,30)/q+1. The van der Waals surface area contributed by atoms with Crippen molar-refractivity contribution in [2.24, 2.45) is 0 Å². The van der Waals surface area contributed by atoms with Gasteiger partial charge in [0.25, 0.3) is 5.95 Å². The Kier molecular flexibility index (Phi) is 6.54. The van der Waals surface area contributed by atoms with Crippen LogP contribution in [0.2, 0.25) is 0 Å². The third kappa shape index (κ3) is 5.33. The molecular weight excluding hydrogens is 446 g/mol. The minimum Gasteiger partial charge on any atom is -0.489 e. The third-order valence-electron chi connectivity index (χ3n) is 6.10. The lowest BCUT2D eigenvalue weighted by atomic mass is 9.76. The Morgan fingerprint density at radius 1 is 1.15 bits per heavy atom. The Morgan fingerprint density at radius 3 is 2.32 bits per heavy atom. The zero-order valence-electron chi connectivity index (χ0n) is 19.9. The van der Waals surface area contributed by atoms with E-state index in [4.69, 9.17) is 4.74 Å². The van der Waals surface area contributed by atoms with Crippen LogP contribution in [-0.2, 0) is 11.8 Å². The van der Waals surface area contributed by atoms with Gasteiger partial charge in [-0.15, -0.1) is 0 Å². The summed E-state index contributed by atoms with van der Waals surface area (Å²) in [5.74, 6) is 1.02. The van der Waals surface area contributed by atoms with Gasteiger partial charge in [-0.25, -0.2) is 9.97 Å². The number of thiol groups is 1. The van der Waals surface area contributed by atoms with Gasteiger partial charge in [0.05, 0.1) is 11.7 Å². The van der Waals surface area contributed by atoms with E-state index < -0.39 is 4.16 Å². The number of ether oxygens (including phenoxy) is 1. The largest absolute Gasteiger partial charge is 0.489 e. The van der Waals surface area contributed by atoms with Gasteiger partial charge in [0.1, 0.15) is 31.7 Å². The normalized spacial score (nSPS) is 15.3. The van der Waals surface area contributed by atoms with E-state index in [1.54, 1.807) is 12.4 Å². The molecule has 176 valence electrons. The predicted octanol–water partition coefficient (Wildman–Crippen LogP) is 5.45. The Bertz CT molecular complexity index is 1210. The number of quaternary nitrogens is 1. The smallest absolute Gasteiger partial charge is 0.273 e. The fraction of sp³-hybridized carbons (Fsp3) is 0.346. The molecule has 0 bridgehead atoms. The maximum Gasteiger partial charge on any atom is 0.273 e. The molecule has 1 saturated carbocycles. The van der Waals surface area contributed by atoms with Crippen molar-refractivity contribution < 1.29 is 14.1 Å². The monoisotopic (exact) mass is 476 g/mol. The van der Waals surface area contributed by atoms with Gasteiger partial charge in [0.2, 0.25) is 0 Å². The molecule has 1 atom stereocenters. The summed E-state index contributed by atoms with van der Waals surface area (Å²) in [7, 11) is 1.44. The number of hydrogen-bond donors (Lipinski definition) is 3. The number of hydrogen-bond acceptors (Lipinski definition) is 7. The highest BCUT2D eigenvalue weighted by molar-refractivity contribution is 7.74. The third-order valence-corrected chi connectivity index (χ3v) is 6.20. The second-order valence-electron chi connectivity index (χ2n) is 9.32. The van der Waals surface area contributed by atoms with Crippen molar-refractivity contribution in [2.45, 2.75) is 51.6 Å². The van der Waals surface area contributed by atoms with Crippen molar-refractivity contribution in [3.05, 3.63) is 71.0 Å². The van der Waals surface area contributed by atoms with E-state index in [9.17, 15) is 10.5 Å². The first-order valence-corrected chi connectivity index (χ1v) is 11.8. The van der Waals surface area contributed by atoms with Crippen LogP contribution in [0.4, 0.5) is 5.95 Å². The molecule has 0 aliphatic heterocycles. The summed E-state index contributed by atoms with van der Waals surface area (Å²) < 4.78 is 5.32. The summed E-state index contributed by atoms with van der Waals surface area (Å²) in [6.07, 6.45) is 6.59. The fourth-order valence-electron chi connectivity index (χ4n) is 3.86. The molecule has 2 aromatic carbocycles. The molecule has 0 radical (unpaired) electrons. The number of nitriles is 1. The summed E-state index contributed by atoms with van der Waals surface area (Å²) in [5, 5.41) is 19.5. The zero-order valence-corrected chi connectivity index (χ0v) is 20.8. The molecule has 8 heteroatoms. The summed E-state index contributed by atoms with van der Waals surface area (Å²) in [4.78, 5) is 8.48. The molecule has 1 fully saturated rings. The average Bonchev–Trinajstić information content (AvgIpc) is 3.62. The Labute approximate surface area is 206 Å². The van der Waals surface area contributed by atoms with Crippen molar-refractivity contribution >= 4 is 18.8 Å². The highest BCUT2D eigenvalue weighted by Gasteiger charge is 2.29. The number of nitrogens with zero attached hydrogens (tertiary/aromatic N) is 4. The van der Waals surface area contributed by atoms with E-state index in [-0.39, 0.29) is 17.5 Å². The first-order chi connectivity index (χ1) is 16.1. The van der Waals surface area contributed by atoms with Crippen LogP contribution in [0.1, 0.15) is 55.9 Å². The molecule has 1 aromatic heterocycles. The minimum atomic E-state index is -0.760. The number of nitrogens with one attached hydrogen (secondary N) is 1. The second-order valence-corrected chi connectivity index (χ2v) is 10.1. The van der Waals surface area contributed by atoms with Crippen LogP contribution in [0.3, 0.4) is 0 Å². The number of aromatic nitrogens is 2. The summed E-state index contributed by atoms with van der Waals surface area (Å²) in [6, 6.07) is 14.8. The SMILES string of the molecule is CCc1cc(C(C)(C)c2ccc(-c3cnc(N[N+](C)(O)S)nc3)cc2)cc(C#N)c1OC1CC1. The predicted molar refractivity (Wildman–Crippen MR) is 134 cm³/mol. The van der Waals surface area contributed by atoms with Crippen LogP contribution >= 0.6 is 12.8 Å². The van der Waals surface area contributed by atoms with Crippen LogP contribution in [-0.4, -0.2) is 32.5 Å². The minimum absolute atomic E-state index is 0.253. The number of benzene rings is 2. The van der Waals surface area contributed by atoms with Crippen LogP contribution in [0.25, 0.3) is 11.1 Å². The van der Waals surface area contributed by atoms with Crippen molar-refractivity contribution in [3.63, 3.8) is 0 Å². The highest BCUT2D eigenvalue weighted by Crippen LogP contribution is 2.39. The van der Waals surface area contributed by atoms with Crippen LogP contribution < -0.4 is 10.2 Å². The maximum absolute atomic E-state index is 9.81. The first-order valence-electron chi connectivity index (χ1n) is 11.4. The Balaban J connectivity index is 1.60. The van der Waals surface area contributed by atoms with E-state index in [0.29, 0.717) is 5.56 Å². The Hall–Kier alpha value is -3.12. The van der Waals surface area contributed by atoms with Gasteiger partial charge in [-0.2, -0.15) is 15.9 Å². The molecule has 1 unspecified atom stereocenters. The summed E-state index contributed by atoms with van der Waals surface area (Å²) in [5.41, 5.74) is 8.11. The topological polar surface area (TPSA) is 91.1 Å². The van der Waals surface area contributed by atoms with Gasteiger partial charge in [-0.3, -0.25) is 0 Å². The quantitative estimate of drug-likeness (QED) is 0.227. The van der Waals surface area contributed by atoms with E-state index >= 15 is 0 Å². The molecule has 34 heavy (non-hydrogen) atoms. The lowest BCUT2D eigenvalue weighted by Gasteiger charge is -2.28. The molecule has 7 nitrogen and oxygen atoms in total. The van der Waals surface area contributed by atoms with Gasteiger partial charge >= 0.3 is 0 Å². The Morgan fingerprint density at radius 2 is 1.79 bits per heavy atom. The molecular formula is C26H30N5O2S+. The van der Waals surface area contributed by atoms with Crippen LogP contribution in [0, 0.1) is 11.3 Å². The van der Waals surface area contributed by atoms with Gasteiger partial charge < -0.3 is 4.74 Å². The molecule has 1 heterocycles. The second kappa shape index (κ2) is 9.26. The summed E-state index contributed by atoms with van der Waals surface area (Å²) >= 11 is 3.95. The first kappa shape index (κ1) is 24.0. The molecule has 0 amide bonds. The molecule has 1 aliphatic rings. The van der Waals surface area contributed by atoms with Crippen LogP contribution in [0.5, 0.6) is 5.75 Å². The van der Waals surface area contributed by atoms with Crippen molar-refractivity contribution in [3.8, 4) is 22.9 Å². The molecule has 3 aromatic rings. The average molecular weight is 477 g/mol. The molecule has 2 N–H and O–H groups in total. The number of aryl methyl sites for hydroxylation is 1. The van der Waals surface area contributed by atoms with E-state index in [1.807, 2.05) is 18.2 Å². The van der Waals surface area contributed by atoms with Gasteiger partial charge in [-0.1, -0.05) is 51.1 Å². The van der Waals surface area contributed by atoms with E-state index in [0.717, 1.165) is 52.8 Å². The van der Waals surface area contributed by atoms with E-state index in [2.05, 4.69) is 73.2 Å². The maximum atomic E-state index is 9.81. The zero-order chi connectivity index (χ0) is 24.5. The molecule has 1 aliphatic carbocycles. The van der Waals surface area contributed by atoms with E-state index in [1.165, 1.54) is 7.05 Å². The van der Waals surface area contributed by atoms with Crippen molar-refractivity contribution in [1.29, 1.82) is 5.26 Å². The summed E-state index contributed by atoms with van der Waals surface area (Å²) in [6.45, 7) is 6.44. The lowest BCUT2D eigenvalue weighted by Crippen LogP contribution is -2.36. The molecule has 0 spiro atoms. The highest BCUT2D eigenvalue weighted by atomic mass is 32.1. The number of anilines is 1. The molecule has 0 saturated heterocycles. The number of rotatable bonds is 8.